The Morgan fingerprint density at radius 2 is 1.65 bits per heavy atom. The second-order valence-corrected chi connectivity index (χ2v) is 11.3. The van der Waals surface area contributed by atoms with Crippen molar-refractivity contribution >= 4 is 28.2 Å². The van der Waals surface area contributed by atoms with Crippen molar-refractivity contribution in [2.75, 3.05) is 25.4 Å². The molecule has 0 aromatic heterocycles. The molecular weight excluding hydrogens is 512 g/mol. The average molecular weight is 545 g/mol. The lowest BCUT2D eigenvalue weighted by Gasteiger charge is -2.36. The van der Waals surface area contributed by atoms with Gasteiger partial charge in [0.15, 0.2) is 9.84 Å². The van der Waals surface area contributed by atoms with Gasteiger partial charge in [0.2, 0.25) is 0 Å². The molecule has 1 aliphatic rings. The molecule has 7 nitrogen and oxygen atoms in total. The lowest BCUT2D eigenvalue weighted by molar-refractivity contribution is 0.0245. The highest BCUT2D eigenvalue weighted by Gasteiger charge is 2.28. The van der Waals surface area contributed by atoms with Crippen molar-refractivity contribution in [3.8, 4) is 5.75 Å². The van der Waals surface area contributed by atoms with Crippen LogP contribution in [-0.4, -0.2) is 55.9 Å². The lowest BCUT2D eigenvalue weighted by atomic mass is 9.88. The van der Waals surface area contributed by atoms with Crippen molar-refractivity contribution in [2.24, 2.45) is 11.7 Å². The number of hydrogen-bond acceptors (Lipinski definition) is 7. The molecule has 3 N–H and O–H groups in total. The molecule has 0 amide bonds. The van der Waals surface area contributed by atoms with Crippen molar-refractivity contribution in [1.82, 2.24) is 4.90 Å². The molecule has 1 aliphatic heterocycles. The lowest BCUT2D eigenvalue weighted by Crippen LogP contribution is -2.46. The summed E-state index contributed by atoms with van der Waals surface area (Å²) in [5.41, 5.74) is 8.07. The minimum absolute atomic E-state index is 0. The Kier molecular flexibility index (Phi) is 10.3. The van der Waals surface area contributed by atoms with Gasteiger partial charge in [-0.2, -0.15) is 0 Å². The number of sulfone groups is 1. The molecule has 0 saturated carbocycles. The third-order valence-electron chi connectivity index (χ3n) is 6.64. The van der Waals surface area contributed by atoms with Gasteiger partial charge >= 0.3 is 5.97 Å². The van der Waals surface area contributed by atoms with Crippen LogP contribution in [0.25, 0.3) is 0 Å². The van der Waals surface area contributed by atoms with Gasteiger partial charge in [0.05, 0.1) is 22.3 Å². The average Bonchev–Trinajstić information content (AvgIpc) is 2.90. The Labute approximate surface area is 224 Å². The number of carbonyl (C=O) groups excluding carboxylic acids is 1. The predicted octanol–water partition coefficient (Wildman–Crippen LogP) is 3.49. The minimum Gasteiger partial charge on any atom is -0.423 e. The van der Waals surface area contributed by atoms with E-state index >= 15 is 0 Å². The van der Waals surface area contributed by atoms with Gasteiger partial charge in [-0.1, -0.05) is 42.5 Å². The first-order chi connectivity index (χ1) is 17.3. The monoisotopic (exact) mass is 544 g/mol. The Morgan fingerprint density at radius 3 is 2.27 bits per heavy atom. The smallest absolute Gasteiger partial charge is 0.343 e. The molecule has 4 rings (SSSR count). The van der Waals surface area contributed by atoms with Gasteiger partial charge in [-0.25, -0.2) is 13.2 Å². The summed E-state index contributed by atoms with van der Waals surface area (Å²) in [6.07, 6.45) is 1.16. The number of hydrogen-bond donors (Lipinski definition) is 2. The summed E-state index contributed by atoms with van der Waals surface area (Å²) in [5.74, 6) is -0.127. The third kappa shape index (κ3) is 7.87. The van der Waals surface area contributed by atoms with Crippen LogP contribution < -0.4 is 10.5 Å². The molecule has 1 saturated heterocycles. The number of halogens is 1. The fraction of sp³-hybridized carbons (Fsp3) is 0.321. The molecule has 9 heteroatoms. The molecule has 2 atom stereocenters. The van der Waals surface area contributed by atoms with Crippen LogP contribution in [0.2, 0.25) is 0 Å². The van der Waals surface area contributed by atoms with E-state index < -0.39 is 21.9 Å². The molecule has 0 bridgehead atoms. The maximum atomic E-state index is 12.9. The number of aliphatic hydroxyl groups excluding tert-OH is 1. The van der Waals surface area contributed by atoms with Gasteiger partial charge < -0.3 is 15.6 Å². The number of piperidine rings is 1. The molecule has 1 heterocycles. The molecule has 0 spiro atoms. The summed E-state index contributed by atoms with van der Waals surface area (Å²) in [5, 5.41) is 10.6. The van der Waals surface area contributed by atoms with E-state index in [4.69, 9.17) is 10.5 Å². The van der Waals surface area contributed by atoms with Gasteiger partial charge in [0, 0.05) is 19.6 Å². The number of benzene rings is 3. The van der Waals surface area contributed by atoms with E-state index in [1.54, 1.807) is 24.3 Å². The number of β-amino-alcohol motifs (C(OH)–C–C–N with tert-alkyl or cyclic N) is 1. The summed E-state index contributed by atoms with van der Waals surface area (Å²) < 4.78 is 31.1. The van der Waals surface area contributed by atoms with Crippen molar-refractivity contribution in [3.63, 3.8) is 0 Å². The van der Waals surface area contributed by atoms with Gasteiger partial charge in [-0.05, 0) is 72.8 Å². The zero-order chi connectivity index (χ0) is 25.5. The van der Waals surface area contributed by atoms with Crippen LogP contribution in [0.3, 0.4) is 0 Å². The van der Waals surface area contributed by atoms with Crippen LogP contribution in [0, 0.1) is 5.92 Å². The van der Waals surface area contributed by atoms with Crippen molar-refractivity contribution in [3.05, 3.63) is 95.6 Å². The minimum atomic E-state index is -3.52. The Morgan fingerprint density at radius 1 is 0.973 bits per heavy atom. The normalized spacial score (nSPS) is 18.1. The molecular formula is C28H33ClN2O5S. The molecule has 0 unspecified atom stereocenters. The van der Waals surface area contributed by atoms with Crippen LogP contribution in [0.15, 0.2) is 83.8 Å². The number of ether oxygens (including phenoxy) is 1. The maximum Gasteiger partial charge on any atom is 0.343 e. The zero-order valence-corrected chi connectivity index (χ0v) is 22.2. The van der Waals surface area contributed by atoms with E-state index in [2.05, 4.69) is 12.1 Å². The first-order valence-corrected chi connectivity index (χ1v) is 13.8. The Bertz CT molecular complexity index is 1250. The van der Waals surface area contributed by atoms with E-state index in [9.17, 15) is 18.3 Å². The summed E-state index contributed by atoms with van der Waals surface area (Å²) in [6, 6.07) is 22.8. The van der Waals surface area contributed by atoms with Gasteiger partial charge in [0.1, 0.15) is 5.75 Å². The van der Waals surface area contributed by atoms with Crippen molar-refractivity contribution in [2.45, 2.75) is 30.4 Å². The predicted molar refractivity (Wildman–Crippen MR) is 146 cm³/mol. The standard InChI is InChI=1S/C28H32N2O5S.ClH/c29-19-22-6-8-23(9-7-22)28(32)35-25-10-12-26(13-11-25)36(33,34)17-16-30-15-14-24(27(31)20-30)18-21-4-2-1-3-5-21;/h1-13,24,27,31H,14-20,29H2;1H/t24-,27-;/m1./s1. The number of aliphatic hydroxyl groups is 1. The van der Waals surface area contributed by atoms with Crippen LogP contribution in [0.1, 0.15) is 27.9 Å². The third-order valence-corrected chi connectivity index (χ3v) is 8.35. The summed E-state index contributed by atoms with van der Waals surface area (Å²) in [7, 11) is -3.52. The van der Waals surface area contributed by atoms with Crippen LogP contribution in [0.5, 0.6) is 5.75 Å². The van der Waals surface area contributed by atoms with Crippen LogP contribution in [-0.2, 0) is 22.8 Å². The molecule has 3 aromatic carbocycles. The van der Waals surface area contributed by atoms with E-state index in [0.717, 1.165) is 24.9 Å². The first kappa shape index (κ1) is 28.8. The maximum absolute atomic E-state index is 12.9. The fourth-order valence-corrected chi connectivity index (χ4v) is 5.71. The Balaban J connectivity index is 0.00000380. The number of rotatable bonds is 9. The first-order valence-electron chi connectivity index (χ1n) is 12.1. The van der Waals surface area contributed by atoms with Gasteiger partial charge in [-0.3, -0.25) is 4.90 Å². The molecule has 3 aromatic rings. The highest BCUT2D eigenvalue weighted by Crippen LogP contribution is 2.23. The molecule has 0 aliphatic carbocycles. The summed E-state index contributed by atoms with van der Waals surface area (Å²) in [6.45, 7) is 1.96. The molecule has 0 radical (unpaired) electrons. The zero-order valence-electron chi connectivity index (χ0n) is 20.5. The summed E-state index contributed by atoms with van der Waals surface area (Å²) >= 11 is 0. The largest absolute Gasteiger partial charge is 0.423 e. The quantitative estimate of drug-likeness (QED) is 0.313. The van der Waals surface area contributed by atoms with E-state index in [0.29, 0.717) is 25.2 Å². The van der Waals surface area contributed by atoms with Gasteiger partial charge in [0.25, 0.3) is 0 Å². The highest BCUT2D eigenvalue weighted by atomic mass is 35.5. The molecule has 1 fully saturated rings. The van der Waals surface area contributed by atoms with Crippen molar-refractivity contribution < 1.29 is 23.1 Å². The van der Waals surface area contributed by atoms with E-state index in [-0.39, 0.29) is 34.7 Å². The number of nitrogens with zero attached hydrogens (tertiary/aromatic N) is 1. The van der Waals surface area contributed by atoms with E-state index in [1.165, 1.54) is 29.8 Å². The van der Waals surface area contributed by atoms with Crippen LogP contribution in [0.4, 0.5) is 0 Å². The topological polar surface area (TPSA) is 110 Å². The number of esters is 1. The number of carbonyl (C=O) groups is 1. The number of likely N-dealkylation sites (tertiary alicyclic amines) is 1. The van der Waals surface area contributed by atoms with E-state index in [1.807, 2.05) is 23.1 Å². The number of nitrogens with two attached hydrogens (primary N) is 1. The molecule has 37 heavy (non-hydrogen) atoms. The Hall–Kier alpha value is -2.75. The molecule has 198 valence electrons. The van der Waals surface area contributed by atoms with Crippen molar-refractivity contribution in [1.29, 1.82) is 0 Å². The second-order valence-electron chi connectivity index (χ2n) is 9.19. The second kappa shape index (κ2) is 13.2. The fourth-order valence-electron chi connectivity index (χ4n) is 4.43. The SMILES string of the molecule is Cl.NCc1ccc(C(=O)Oc2ccc(S(=O)(=O)CCN3CC[C@H](Cc4ccccc4)[C@H](O)C3)cc2)cc1. The highest BCUT2D eigenvalue weighted by molar-refractivity contribution is 7.91. The van der Waals surface area contributed by atoms with Gasteiger partial charge in [-0.15, -0.1) is 12.4 Å². The summed E-state index contributed by atoms with van der Waals surface area (Å²) in [4.78, 5) is 14.5. The van der Waals surface area contributed by atoms with Crippen LogP contribution >= 0.6 is 12.4 Å².